The van der Waals surface area contributed by atoms with Crippen molar-refractivity contribution in [3.8, 4) is 0 Å². The van der Waals surface area contributed by atoms with Crippen LogP contribution in [0, 0.1) is 19.7 Å². The Bertz CT molecular complexity index is 1180. The topological polar surface area (TPSA) is 72.7 Å². The van der Waals surface area contributed by atoms with E-state index in [9.17, 15) is 9.18 Å². The minimum Gasteiger partial charge on any atom is -0.298 e. The molecule has 8 heteroatoms. The molecule has 0 bridgehead atoms. The number of aryl methyl sites for hydroxylation is 3. The Hall–Kier alpha value is -3.13. The third kappa shape index (κ3) is 3.50. The second-order valence-electron chi connectivity index (χ2n) is 6.61. The smallest absolute Gasteiger partial charge is 0.258 e. The van der Waals surface area contributed by atoms with Gasteiger partial charge < -0.3 is 0 Å². The Kier molecular flexibility index (Phi) is 4.64. The number of aromatic nitrogens is 4. The Morgan fingerprint density at radius 2 is 2.00 bits per heavy atom. The van der Waals surface area contributed by atoms with E-state index < -0.39 is 0 Å². The lowest BCUT2D eigenvalue weighted by Crippen LogP contribution is -2.13. The molecule has 0 saturated heterocycles. The minimum absolute atomic E-state index is 0.241. The molecule has 0 saturated carbocycles. The standard InChI is InChI=1S/C20H18FN5OS/c1-11-8-16(17-12(2)25-26(3)18(17)23-11)19(27)24-20-22-10-15(28-20)9-13-4-6-14(21)7-5-13/h4-8,10H,9H2,1-3H3,(H,22,24,27). The number of rotatable bonds is 4. The predicted molar refractivity (Wildman–Crippen MR) is 107 cm³/mol. The largest absolute Gasteiger partial charge is 0.298 e. The summed E-state index contributed by atoms with van der Waals surface area (Å²) in [4.78, 5) is 22.7. The Balaban J connectivity index is 1.57. The monoisotopic (exact) mass is 395 g/mol. The number of anilines is 1. The fourth-order valence-electron chi connectivity index (χ4n) is 3.16. The minimum atomic E-state index is -0.259. The average molecular weight is 395 g/mol. The van der Waals surface area contributed by atoms with Gasteiger partial charge >= 0.3 is 0 Å². The first-order valence-corrected chi connectivity index (χ1v) is 9.54. The van der Waals surface area contributed by atoms with Gasteiger partial charge in [0.2, 0.25) is 0 Å². The number of hydrogen-bond acceptors (Lipinski definition) is 5. The van der Waals surface area contributed by atoms with Crippen molar-refractivity contribution >= 4 is 33.4 Å². The first-order valence-electron chi connectivity index (χ1n) is 8.72. The summed E-state index contributed by atoms with van der Waals surface area (Å²) in [6, 6.07) is 8.13. The highest BCUT2D eigenvalue weighted by molar-refractivity contribution is 7.15. The zero-order chi connectivity index (χ0) is 19.8. The van der Waals surface area contributed by atoms with E-state index in [1.165, 1.54) is 23.5 Å². The van der Waals surface area contributed by atoms with Crippen LogP contribution in [-0.4, -0.2) is 25.7 Å². The third-order valence-electron chi connectivity index (χ3n) is 4.41. The first-order chi connectivity index (χ1) is 13.4. The molecule has 3 aromatic heterocycles. The van der Waals surface area contributed by atoms with E-state index in [0.29, 0.717) is 22.8 Å². The molecule has 4 aromatic rings. The van der Waals surface area contributed by atoms with Crippen LogP contribution < -0.4 is 5.32 Å². The number of nitrogens with zero attached hydrogens (tertiary/aromatic N) is 4. The molecule has 0 aliphatic carbocycles. The molecule has 3 heterocycles. The second-order valence-corrected chi connectivity index (χ2v) is 7.72. The Labute approximate surface area is 165 Å². The van der Waals surface area contributed by atoms with Crippen LogP contribution in [0.4, 0.5) is 9.52 Å². The maximum absolute atomic E-state index is 13.0. The maximum atomic E-state index is 13.0. The van der Waals surface area contributed by atoms with E-state index in [2.05, 4.69) is 20.4 Å². The molecule has 0 radical (unpaired) electrons. The van der Waals surface area contributed by atoms with Gasteiger partial charge in [0.25, 0.3) is 5.91 Å². The summed E-state index contributed by atoms with van der Waals surface area (Å²) < 4.78 is 14.7. The highest BCUT2D eigenvalue weighted by atomic mass is 32.1. The molecule has 28 heavy (non-hydrogen) atoms. The molecule has 1 amide bonds. The number of amides is 1. The number of benzene rings is 1. The quantitative estimate of drug-likeness (QED) is 0.566. The number of pyridine rings is 1. The van der Waals surface area contributed by atoms with Crippen molar-refractivity contribution in [3.63, 3.8) is 0 Å². The van der Waals surface area contributed by atoms with Crippen molar-refractivity contribution in [1.82, 2.24) is 19.7 Å². The molecule has 1 N–H and O–H groups in total. The number of carbonyl (C=O) groups is 1. The van der Waals surface area contributed by atoms with Crippen LogP contribution in [0.5, 0.6) is 0 Å². The molecule has 0 spiro atoms. The summed E-state index contributed by atoms with van der Waals surface area (Å²) in [5.41, 5.74) is 3.70. The zero-order valence-electron chi connectivity index (χ0n) is 15.7. The van der Waals surface area contributed by atoms with E-state index in [1.807, 2.05) is 20.9 Å². The number of carbonyl (C=O) groups excluding carboxylic acids is 1. The van der Waals surface area contributed by atoms with Crippen molar-refractivity contribution in [2.45, 2.75) is 20.3 Å². The van der Waals surface area contributed by atoms with E-state index >= 15 is 0 Å². The molecule has 0 aliphatic rings. The van der Waals surface area contributed by atoms with Crippen molar-refractivity contribution in [3.05, 3.63) is 69.7 Å². The number of thiazole rings is 1. The van der Waals surface area contributed by atoms with Gasteiger partial charge in [0, 0.05) is 30.2 Å². The summed E-state index contributed by atoms with van der Waals surface area (Å²) in [6.45, 7) is 3.71. The summed E-state index contributed by atoms with van der Waals surface area (Å²) in [6.07, 6.45) is 2.36. The zero-order valence-corrected chi connectivity index (χ0v) is 16.5. The van der Waals surface area contributed by atoms with Gasteiger partial charge in [-0.3, -0.25) is 14.8 Å². The van der Waals surface area contributed by atoms with E-state index in [1.54, 1.807) is 29.1 Å². The highest BCUT2D eigenvalue weighted by Crippen LogP contribution is 2.25. The number of halogens is 1. The molecule has 142 valence electrons. The molecular formula is C20H18FN5OS. The fourth-order valence-corrected chi connectivity index (χ4v) is 4.01. The second kappa shape index (κ2) is 7.12. The van der Waals surface area contributed by atoms with Crippen LogP contribution in [0.2, 0.25) is 0 Å². The molecule has 6 nitrogen and oxygen atoms in total. The average Bonchev–Trinajstić information content (AvgIpc) is 3.20. The molecule has 4 rings (SSSR count). The number of fused-ring (bicyclic) bond motifs is 1. The van der Waals surface area contributed by atoms with E-state index in [0.717, 1.165) is 27.2 Å². The van der Waals surface area contributed by atoms with Crippen molar-refractivity contribution in [2.24, 2.45) is 7.05 Å². The van der Waals surface area contributed by atoms with Gasteiger partial charge in [0.15, 0.2) is 10.8 Å². The Morgan fingerprint density at radius 3 is 2.75 bits per heavy atom. The molecule has 0 unspecified atom stereocenters. The maximum Gasteiger partial charge on any atom is 0.258 e. The fraction of sp³-hybridized carbons (Fsp3) is 0.200. The van der Waals surface area contributed by atoms with Crippen LogP contribution in [0.25, 0.3) is 11.0 Å². The van der Waals surface area contributed by atoms with Crippen molar-refractivity contribution < 1.29 is 9.18 Å². The summed E-state index contributed by atoms with van der Waals surface area (Å²) in [7, 11) is 1.81. The van der Waals surface area contributed by atoms with Gasteiger partial charge in [0.1, 0.15) is 5.82 Å². The van der Waals surface area contributed by atoms with E-state index in [-0.39, 0.29) is 11.7 Å². The summed E-state index contributed by atoms with van der Waals surface area (Å²) in [5, 5.41) is 8.51. The molecule has 0 atom stereocenters. The normalized spacial score (nSPS) is 11.1. The van der Waals surface area contributed by atoms with Gasteiger partial charge in [-0.05, 0) is 37.6 Å². The molecule has 1 aromatic carbocycles. The van der Waals surface area contributed by atoms with Gasteiger partial charge in [-0.15, -0.1) is 11.3 Å². The predicted octanol–water partition coefficient (Wildman–Crippen LogP) is 4.02. The Morgan fingerprint density at radius 1 is 1.25 bits per heavy atom. The SMILES string of the molecule is Cc1cc(C(=O)Nc2ncc(Cc3ccc(F)cc3)s2)c2c(C)nn(C)c2n1. The highest BCUT2D eigenvalue weighted by Gasteiger charge is 2.18. The molecular weight excluding hydrogens is 377 g/mol. The number of hydrogen-bond donors (Lipinski definition) is 1. The van der Waals surface area contributed by atoms with Gasteiger partial charge in [-0.1, -0.05) is 12.1 Å². The lowest BCUT2D eigenvalue weighted by molar-refractivity contribution is 0.102. The van der Waals surface area contributed by atoms with Gasteiger partial charge in [-0.2, -0.15) is 5.10 Å². The van der Waals surface area contributed by atoms with E-state index in [4.69, 9.17) is 0 Å². The summed E-state index contributed by atoms with van der Waals surface area (Å²) in [5.74, 6) is -0.500. The number of nitrogens with one attached hydrogen (secondary N) is 1. The van der Waals surface area contributed by atoms with Crippen LogP contribution in [0.3, 0.4) is 0 Å². The summed E-state index contributed by atoms with van der Waals surface area (Å²) >= 11 is 1.40. The van der Waals surface area contributed by atoms with Crippen molar-refractivity contribution in [2.75, 3.05) is 5.32 Å². The molecule has 0 aliphatic heterocycles. The lowest BCUT2D eigenvalue weighted by atomic mass is 10.1. The first kappa shape index (κ1) is 18.2. The third-order valence-corrected chi connectivity index (χ3v) is 5.32. The van der Waals surface area contributed by atoms with Crippen LogP contribution >= 0.6 is 11.3 Å². The lowest BCUT2D eigenvalue weighted by Gasteiger charge is -2.05. The van der Waals surface area contributed by atoms with Crippen LogP contribution in [-0.2, 0) is 13.5 Å². The van der Waals surface area contributed by atoms with Gasteiger partial charge in [-0.25, -0.2) is 14.4 Å². The van der Waals surface area contributed by atoms with Crippen molar-refractivity contribution in [1.29, 1.82) is 0 Å². The molecule has 0 fully saturated rings. The van der Waals surface area contributed by atoms with Gasteiger partial charge in [0.05, 0.1) is 16.6 Å². The van der Waals surface area contributed by atoms with Crippen LogP contribution in [0.15, 0.2) is 36.5 Å². The van der Waals surface area contributed by atoms with Crippen LogP contribution in [0.1, 0.15) is 32.2 Å².